The SMILES string of the molecule is CC1=Cc2ccccc2[CH]1[Zr](=[SiH2])([Cl])([Cl])([CH]1CCCCC1)([CH]1CCCCC1)[CH]1C(C)=Cc2ccccc21. The van der Waals surface area contributed by atoms with Crippen LogP contribution in [0, 0.1) is 0 Å². The van der Waals surface area contributed by atoms with Crippen LogP contribution in [0.15, 0.2) is 59.7 Å². The van der Waals surface area contributed by atoms with E-state index in [1.807, 2.05) is 0 Å². The van der Waals surface area contributed by atoms with Gasteiger partial charge in [0.1, 0.15) is 0 Å². The van der Waals surface area contributed by atoms with Crippen LogP contribution in [-0.2, 0) is 12.0 Å². The van der Waals surface area contributed by atoms with Gasteiger partial charge in [-0.2, -0.15) is 0 Å². The first-order valence-electron chi connectivity index (χ1n) is 14.5. The Kier molecular flexibility index (Phi) is 5.63. The van der Waals surface area contributed by atoms with E-state index >= 15 is 0 Å². The molecule has 2 aromatic rings. The summed E-state index contributed by atoms with van der Waals surface area (Å²) in [7, 11) is 18.8. The van der Waals surface area contributed by atoms with Crippen molar-refractivity contribution in [2.75, 3.05) is 0 Å². The van der Waals surface area contributed by atoms with E-state index in [4.69, 9.17) is 0 Å². The van der Waals surface area contributed by atoms with Crippen LogP contribution < -0.4 is 0 Å². The molecule has 0 aromatic heterocycles. The Hall–Kier alpha value is -0.400. The van der Waals surface area contributed by atoms with Crippen LogP contribution in [0.4, 0.5) is 0 Å². The van der Waals surface area contributed by atoms with Crippen molar-refractivity contribution in [2.45, 2.75) is 92.6 Å². The quantitative estimate of drug-likeness (QED) is 0.300. The molecular formula is C32H42Cl2SiZr. The molecule has 0 nitrogen and oxygen atoms in total. The Labute approximate surface area is 221 Å². The van der Waals surface area contributed by atoms with Crippen molar-refractivity contribution in [1.82, 2.24) is 0 Å². The summed E-state index contributed by atoms with van der Waals surface area (Å²) in [6, 6.07) is 18.2. The molecule has 2 aromatic carbocycles. The van der Waals surface area contributed by atoms with Gasteiger partial charge in [0.2, 0.25) is 0 Å². The first kappa shape index (κ1) is 25.9. The predicted molar refractivity (Wildman–Crippen MR) is 160 cm³/mol. The number of rotatable bonds is 4. The van der Waals surface area contributed by atoms with Crippen LogP contribution in [0.2, 0.25) is 7.25 Å². The molecular weight excluding hydrogens is 575 g/mol. The minimum atomic E-state index is -6.06. The van der Waals surface area contributed by atoms with E-state index in [2.05, 4.69) is 81.4 Å². The summed E-state index contributed by atoms with van der Waals surface area (Å²) in [5, 5.41) is 0. The van der Waals surface area contributed by atoms with Crippen LogP contribution in [0.3, 0.4) is 0 Å². The first-order chi connectivity index (χ1) is 17.1. The Morgan fingerprint density at radius 2 is 0.972 bits per heavy atom. The summed E-state index contributed by atoms with van der Waals surface area (Å²) in [5.74, 6) is 0. The summed E-state index contributed by atoms with van der Waals surface area (Å²) in [4.78, 5) is 0. The molecule has 0 aliphatic heterocycles. The second-order valence-electron chi connectivity index (χ2n) is 13.6. The zero-order valence-electron chi connectivity index (χ0n) is 22.1. The molecule has 4 aliphatic carbocycles. The van der Waals surface area contributed by atoms with Crippen molar-refractivity contribution in [2.24, 2.45) is 0 Å². The van der Waals surface area contributed by atoms with E-state index in [1.54, 1.807) is 0 Å². The van der Waals surface area contributed by atoms with Crippen LogP contribution in [0.1, 0.15) is 108 Å². The summed E-state index contributed by atoms with van der Waals surface area (Å²) >= 11 is -6.06. The molecule has 0 amide bonds. The molecule has 0 heterocycles. The molecule has 4 aliphatic rings. The zero-order chi connectivity index (χ0) is 25.3. The Bertz CT molecular complexity index is 1320. The number of benzene rings is 2. The standard InChI is InChI=1S/2C10H9.2C6H11.2ClH.H2Si.Zr/c2*1-8-6-9-4-2-3-5-10(9)7-8;2*1-2-4-6-5-3-1;;;;/h2*2-7H,1H3;2*1H,2-6H2;2*1H;1H2;/q;;;;;;;+2/p-2. The molecule has 0 radical (unpaired) electrons. The number of fused-ring (bicyclic) bond motifs is 2. The fourth-order valence-corrected chi connectivity index (χ4v) is 66.1. The van der Waals surface area contributed by atoms with Crippen molar-refractivity contribution in [3.05, 3.63) is 81.9 Å². The van der Waals surface area contributed by atoms with Gasteiger partial charge in [-0.25, -0.2) is 0 Å². The fraction of sp³-hybridized carbons (Fsp3) is 0.500. The van der Waals surface area contributed by atoms with Gasteiger partial charge in [-0.3, -0.25) is 0 Å². The molecule has 0 saturated heterocycles. The van der Waals surface area contributed by atoms with E-state index in [0.29, 0.717) is 7.25 Å². The van der Waals surface area contributed by atoms with Gasteiger partial charge in [-0.05, 0) is 0 Å². The van der Waals surface area contributed by atoms with Crippen LogP contribution in [-0.4, -0.2) is 6.88 Å². The Morgan fingerprint density at radius 3 is 1.36 bits per heavy atom. The maximum absolute atomic E-state index is 9.41. The van der Waals surface area contributed by atoms with E-state index in [-0.39, 0.29) is 7.25 Å². The maximum atomic E-state index is 9.41. The third kappa shape index (κ3) is 2.97. The molecule has 192 valence electrons. The van der Waals surface area contributed by atoms with Crippen molar-refractivity contribution in [3.63, 3.8) is 0 Å². The van der Waals surface area contributed by atoms with Gasteiger partial charge in [0.25, 0.3) is 0 Å². The Balaban J connectivity index is 1.82. The molecule has 2 fully saturated rings. The molecule has 2 saturated carbocycles. The van der Waals surface area contributed by atoms with E-state index in [1.165, 1.54) is 97.6 Å². The molecule has 36 heavy (non-hydrogen) atoms. The summed E-state index contributed by atoms with van der Waals surface area (Å²) < 4.78 is 1.04. The van der Waals surface area contributed by atoms with E-state index in [0.717, 1.165) is 0 Å². The van der Waals surface area contributed by atoms with Crippen molar-refractivity contribution < 1.29 is 12.0 Å². The third-order valence-electron chi connectivity index (χ3n) is 12.0. The zero-order valence-corrected chi connectivity index (χ0v) is 27.5. The van der Waals surface area contributed by atoms with Gasteiger partial charge >= 0.3 is 223 Å². The molecule has 6 rings (SSSR count). The monoisotopic (exact) mass is 614 g/mol. The minimum absolute atomic E-state index is 0.130. The van der Waals surface area contributed by atoms with Gasteiger partial charge in [-0.1, -0.05) is 0 Å². The number of allylic oxidation sites excluding steroid dienone is 2. The molecule has 2 atom stereocenters. The third-order valence-corrected chi connectivity index (χ3v) is 64.6. The van der Waals surface area contributed by atoms with Gasteiger partial charge in [0, 0.05) is 0 Å². The summed E-state index contributed by atoms with van der Waals surface area (Å²) in [6.07, 6.45) is 17.3. The van der Waals surface area contributed by atoms with Crippen molar-refractivity contribution in [1.29, 1.82) is 0 Å². The molecule has 2 unspecified atom stereocenters. The van der Waals surface area contributed by atoms with Gasteiger partial charge in [0.15, 0.2) is 0 Å². The van der Waals surface area contributed by atoms with E-state index in [9.17, 15) is 17.0 Å². The topological polar surface area (TPSA) is 0 Å². The van der Waals surface area contributed by atoms with Crippen LogP contribution in [0.25, 0.3) is 12.2 Å². The van der Waals surface area contributed by atoms with Crippen LogP contribution >= 0.6 is 17.0 Å². The van der Waals surface area contributed by atoms with Crippen molar-refractivity contribution >= 4 is 36.1 Å². The second-order valence-corrected chi connectivity index (χ2v) is 71.4. The van der Waals surface area contributed by atoms with Gasteiger partial charge in [0.05, 0.1) is 0 Å². The van der Waals surface area contributed by atoms with Crippen LogP contribution in [0.5, 0.6) is 0 Å². The molecule has 4 heteroatoms. The average Bonchev–Trinajstić information content (AvgIpc) is 3.42. The fourth-order valence-electron chi connectivity index (χ4n) is 10.9. The second kappa shape index (κ2) is 7.84. The number of hydrogen-bond donors (Lipinski definition) is 0. The van der Waals surface area contributed by atoms with Gasteiger partial charge < -0.3 is 0 Å². The number of hydrogen-bond acceptors (Lipinski definition) is 0. The predicted octanol–water partition coefficient (Wildman–Crippen LogP) is 10.4. The molecule has 0 bridgehead atoms. The summed E-state index contributed by atoms with van der Waals surface area (Å²) in [6.45, 7) is 6.99. The van der Waals surface area contributed by atoms with E-state index < -0.39 is 12.0 Å². The Morgan fingerprint density at radius 1 is 0.611 bits per heavy atom. The van der Waals surface area contributed by atoms with Crippen molar-refractivity contribution in [3.8, 4) is 0 Å². The summed E-state index contributed by atoms with van der Waals surface area (Å²) in [5.41, 5.74) is 8.39. The normalized spacial score (nSPS) is 28.2. The molecule has 0 N–H and O–H groups in total. The average molecular weight is 617 g/mol. The van der Waals surface area contributed by atoms with Gasteiger partial charge in [-0.15, -0.1) is 0 Å². The first-order valence-corrected chi connectivity index (χ1v) is 32.4. The number of halogens is 2. The molecule has 0 spiro atoms.